The maximum absolute atomic E-state index is 12.6. The average Bonchev–Trinajstić information content (AvgIpc) is 3.36. The van der Waals surface area contributed by atoms with Crippen molar-refractivity contribution in [3.05, 3.63) is 57.8 Å². The van der Waals surface area contributed by atoms with E-state index in [0.29, 0.717) is 18.2 Å². The third kappa shape index (κ3) is 4.14. The van der Waals surface area contributed by atoms with E-state index >= 15 is 0 Å². The number of carbonyl (C=O) groups is 2. The molecule has 2 heterocycles. The highest BCUT2D eigenvalue weighted by Crippen LogP contribution is 2.34. The molecule has 2 aromatic rings. The minimum atomic E-state index is -0.359. The zero-order valence-corrected chi connectivity index (χ0v) is 15.9. The summed E-state index contributed by atoms with van der Waals surface area (Å²) in [4.78, 5) is 26.4. The second-order valence-corrected chi connectivity index (χ2v) is 7.31. The molecule has 0 radical (unpaired) electrons. The van der Waals surface area contributed by atoms with Crippen LogP contribution < -0.4 is 5.32 Å². The predicted molar refractivity (Wildman–Crippen MR) is 102 cm³/mol. The molecule has 5 nitrogen and oxygen atoms in total. The van der Waals surface area contributed by atoms with Gasteiger partial charge in [-0.1, -0.05) is 12.1 Å². The lowest BCUT2D eigenvalue weighted by atomic mass is 10.1. The summed E-state index contributed by atoms with van der Waals surface area (Å²) in [5.41, 5.74) is 2.77. The molecule has 1 N–H and O–H groups in total. The summed E-state index contributed by atoms with van der Waals surface area (Å²) < 4.78 is 4.69. The van der Waals surface area contributed by atoms with E-state index in [1.807, 2.05) is 19.1 Å². The van der Waals surface area contributed by atoms with Gasteiger partial charge >= 0.3 is 5.97 Å². The smallest absolute Gasteiger partial charge is 0.337 e. The molecule has 0 spiro atoms. The zero-order chi connectivity index (χ0) is 18.5. The number of esters is 1. The fraction of sp³-hybridized carbons (Fsp3) is 0.400. The van der Waals surface area contributed by atoms with Crippen LogP contribution in [0.3, 0.4) is 0 Å². The van der Waals surface area contributed by atoms with Gasteiger partial charge in [-0.25, -0.2) is 4.79 Å². The second-order valence-electron chi connectivity index (χ2n) is 6.53. The summed E-state index contributed by atoms with van der Waals surface area (Å²) >= 11 is 1.70. The molecule has 0 bridgehead atoms. The van der Waals surface area contributed by atoms with E-state index in [1.165, 1.54) is 12.7 Å². The maximum Gasteiger partial charge on any atom is 0.337 e. The number of hydrogen-bond acceptors (Lipinski definition) is 5. The third-order valence-electron chi connectivity index (χ3n) is 4.94. The van der Waals surface area contributed by atoms with Gasteiger partial charge in [0.2, 0.25) is 5.91 Å². The first-order valence-electron chi connectivity index (χ1n) is 8.83. The van der Waals surface area contributed by atoms with Gasteiger partial charge in [0.25, 0.3) is 0 Å². The number of ether oxygens (including phenoxy) is 1. The van der Waals surface area contributed by atoms with Crippen LogP contribution in [0.2, 0.25) is 0 Å². The summed E-state index contributed by atoms with van der Waals surface area (Å²) in [6, 6.07) is 9.41. The van der Waals surface area contributed by atoms with Gasteiger partial charge < -0.3 is 10.1 Å². The van der Waals surface area contributed by atoms with Crippen molar-refractivity contribution in [2.75, 3.05) is 13.7 Å². The molecular formula is C20H24N2O3S. The molecule has 138 valence electrons. The van der Waals surface area contributed by atoms with Crippen molar-refractivity contribution in [2.45, 2.75) is 38.4 Å². The molecule has 1 saturated heterocycles. The Labute approximate surface area is 158 Å². The topological polar surface area (TPSA) is 58.6 Å². The normalized spacial score (nSPS) is 18.5. The van der Waals surface area contributed by atoms with Gasteiger partial charge in [0, 0.05) is 12.6 Å². The molecule has 26 heavy (non-hydrogen) atoms. The zero-order valence-electron chi connectivity index (χ0n) is 15.1. The van der Waals surface area contributed by atoms with Crippen molar-refractivity contribution in [1.29, 1.82) is 0 Å². The number of amides is 1. The number of rotatable bonds is 6. The molecule has 0 aliphatic carbocycles. The first-order chi connectivity index (χ1) is 12.6. The monoisotopic (exact) mass is 372 g/mol. The lowest BCUT2D eigenvalue weighted by Gasteiger charge is -2.29. The molecule has 0 saturated carbocycles. The van der Waals surface area contributed by atoms with E-state index in [4.69, 9.17) is 0 Å². The molecule has 3 rings (SSSR count). The van der Waals surface area contributed by atoms with Crippen molar-refractivity contribution >= 4 is 23.2 Å². The molecule has 1 aliphatic heterocycles. The van der Waals surface area contributed by atoms with E-state index in [-0.39, 0.29) is 17.9 Å². The van der Waals surface area contributed by atoms with E-state index in [9.17, 15) is 9.59 Å². The molecule has 1 amide bonds. The van der Waals surface area contributed by atoms with E-state index < -0.39 is 0 Å². The number of methoxy groups -OCH3 is 1. The highest BCUT2D eigenvalue weighted by molar-refractivity contribution is 7.07. The minimum Gasteiger partial charge on any atom is -0.465 e. The van der Waals surface area contributed by atoms with Crippen LogP contribution in [-0.4, -0.2) is 36.5 Å². The molecule has 1 aromatic heterocycles. The number of nitrogens with zero attached hydrogens (tertiary/aromatic N) is 1. The summed E-state index contributed by atoms with van der Waals surface area (Å²) in [7, 11) is 1.36. The van der Waals surface area contributed by atoms with E-state index in [0.717, 1.165) is 24.9 Å². The van der Waals surface area contributed by atoms with Gasteiger partial charge in [0.15, 0.2) is 0 Å². The fourth-order valence-corrected chi connectivity index (χ4v) is 4.15. The molecule has 0 unspecified atom stereocenters. The van der Waals surface area contributed by atoms with Gasteiger partial charge in [0.1, 0.15) is 0 Å². The van der Waals surface area contributed by atoms with Crippen LogP contribution in [0, 0.1) is 0 Å². The Balaban J connectivity index is 1.56. The van der Waals surface area contributed by atoms with Gasteiger partial charge in [-0.3, -0.25) is 9.69 Å². The van der Waals surface area contributed by atoms with Crippen LogP contribution in [0.5, 0.6) is 0 Å². The molecular weight excluding hydrogens is 348 g/mol. The molecule has 1 aromatic carbocycles. The van der Waals surface area contributed by atoms with Crippen LogP contribution >= 0.6 is 11.3 Å². The maximum atomic E-state index is 12.6. The lowest BCUT2D eigenvalue weighted by molar-refractivity contribution is -0.126. The number of hydrogen-bond donors (Lipinski definition) is 1. The van der Waals surface area contributed by atoms with Crippen LogP contribution in [-0.2, 0) is 16.1 Å². The summed E-state index contributed by atoms with van der Waals surface area (Å²) in [6.45, 7) is 3.37. The number of nitrogens with one attached hydrogen (secondary N) is 1. The van der Waals surface area contributed by atoms with Crippen LogP contribution in [0.1, 0.15) is 47.3 Å². The van der Waals surface area contributed by atoms with Crippen molar-refractivity contribution in [2.24, 2.45) is 0 Å². The first-order valence-corrected chi connectivity index (χ1v) is 9.77. The van der Waals surface area contributed by atoms with E-state index in [1.54, 1.807) is 23.5 Å². The Morgan fingerprint density at radius 2 is 2.08 bits per heavy atom. The summed E-state index contributed by atoms with van der Waals surface area (Å²) in [5, 5.41) is 7.28. The number of carbonyl (C=O) groups excluding carboxylic acids is 2. The van der Waals surface area contributed by atoms with Crippen LogP contribution in [0.25, 0.3) is 0 Å². The largest absolute Gasteiger partial charge is 0.465 e. The van der Waals surface area contributed by atoms with E-state index in [2.05, 4.69) is 31.8 Å². The Morgan fingerprint density at radius 1 is 1.31 bits per heavy atom. The van der Waals surface area contributed by atoms with Gasteiger partial charge in [-0.05, 0) is 66.4 Å². The number of likely N-dealkylation sites (tertiary alicyclic amines) is 1. The number of benzene rings is 1. The third-order valence-corrected chi connectivity index (χ3v) is 5.64. The Kier molecular flexibility index (Phi) is 6.06. The standard InChI is InChI=1S/C20H24N2O3S/c1-14(22-10-3-4-18(22)17-9-11-26-13-17)19(23)21-12-15-5-7-16(8-6-15)20(24)25-2/h5-9,11,13-14,18H,3-4,10,12H2,1-2H3,(H,21,23)/t14-,18+/m0/s1. The predicted octanol–water partition coefficient (Wildman–Crippen LogP) is 3.38. The average molecular weight is 372 g/mol. The second kappa shape index (κ2) is 8.47. The fourth-order valence-electron chi connectivity index (χ4n) is 3.44. The molecule has 1 fully saturated rings. The Morgan fingerprint density at radius 3 is 2.73 bits per heavy atom. The first kappa shape index (κ1) is 18.6. The molecule has 2 atom stereocenters. The summed E-state index contributed by atoms with van der Waals surface area (Å²) in [5.74, 6) is -0.327. The van der Waals surface area contributed by atoms with Crippen LogP contribution in [0.4, 0.5) is 0 Å². The van der Waals surface area contributed by atoms with Crippen molar-refractivity contribution < 1.29 is 14.3 Å². The van der Waals surface area contributed by atoms with Gasteiger partial charge in [0.05, 0.1) is 18.7 Å². The van der Waals surface area contributed by atoms with Gasteiger partial charge in [-0.2, -0.15) is 11.3 Å². The van der Waals surface area contributed by atoms with Gasteiger partial charge in [-0.15, -0.1) is 0 Å². The van der Waals surface area contributed by atoms with Crippen molar-refractivity contribution in [3.8, 4) is 0 Å². The summed E-state index contributed by atoms with van der Waals surface area (Å²) in [6.07, 6.45) is 2.22. The lowest BCUT2D eigenvalue weighted by Crippen LogP contribution is -2.44. The molecule has 6 heteroatoms. The highest BCUT2D eigenvalue weighted by Gasteiger charge is 2.32. The van der Waals surface area contributed by atoms with Crippen molar-refractivity contribution in [3.63, 3.8) is 0 Å². The minimum absolute atomic E-state index is 0.0316. The Hall–Kier alpha value is -2.18. The SMILES string of the molecule is COC(=O)c1ccc(CNC(=O)[C@H](C)N2CCC[C@@H]2c2ccsc2)cc1. The van der Waals surface area contributed by atoms with Crippen molar-refractivity contribution in [1.82, 2.24) is 10.2 Å². The molecule has 1 aliphatic rings. The highest BCUT2D eigenvalue weighted by atomic mass is 32.1. The Bertz CT molecular complexity index is 743. The number of thiophene rings is 1. The quantitative estimate of drug-likeness (QED) is 0.790. The van der Waals surface area contributed by atoms with Crippen LogP contribution in [0.15, 0.2) is 41.1 Å².